The number of carbonyl (C=O) groups excluding carboxylic acids is 1. The van der Waals surface area contributed by atoms with Crippen molar-refractivity contribution in [1.82, 2.24) is 15.3 Å². The van der Waals surface area contributed by atoms with Crippen molar-refractivity contribution in [3.05, 3.63) is 87.0 Å². The third kappa shape index (κ3) is 5.99. The number of halogens is 2. The van der Waals surface area contributed by atoms with Crippen LogP contribution in [0.25, 0.3) is 10.4 Å². The maximum Gasteiger partial charge on any atom is 0.232 e. The molecule has 0 spiro atoms. The standard InChI is InChI=1S/C26H26ClFN4O2S2/c1-26(2,24(33)30-25-31-29-15-35-25)23(17-6-5-7-19(28)12-17)22-11-10-21(36-22)16-8-9-18(20(27)13-16)14-34-32(3)4/h5-13,15,23H,14H2,1-4H3,(H,30,31,33)/t23-/m0/s1. The number of thiophene rings is 1. The fourth-order valence-electron chi connectivity index (χ4n) is 3.92. The largest absolute Gasteiger partial charge is 0.300 e. The van der Waals surface area contributed by atoms with Crippen LogP contribution in [0, 0.1) is 11.2 Å². The number of hydrogen-bond acceptors (Lipinski definition) is 7. The van der Waals surface area contributed by atoms with Gasteiger partial charge < -0.3 is 5.32 Å². The van der Waals surface area contributed by atoms with Gasteiger partial charge >= 0.3 is 0 Å². The normalized spacial score (nSPS) is 12.6. The summed E-state index contributed by atoms with van der Waals surface area (Å²) in [7, 11) is 3.64. The monoisotopic (exact) mass is 544 g/mol. The highest BCUT2D eigenvalue weighted by atomic mass is 35.5. The topological polar surface area (TPSA) is 67.3 Å². The number of carbonyl (C=O) groups is 1. The van der Waals surface area contributed by atoms with Crippen LogP contribution in [0.1, 0.15) is 35.8 Å². The molecule has 0 bridgehead atoms. The van der Waals surface area contributed by atoms with E-state index in [0.717, 1.165) is 26.4 Å². The van der Waals surface area contributed by atoms with Gasteiger partial charge in [0.05, 0.1) is 12.0 Å². The highest BCUT2D eigenvalue weighted by molar-refractivity contribution is 7.15. The van der Waals surface area contributed by atoms with Crippen molar-refractivity contribution >= 4 is 45.3 Å². The summed E-state index contributed by atoms with van der Waals surface area (Å²) < 4.78 is 14.3. The molecule has 0 saturated carbocycles. The molecule has 188 valence electrons. The van der Waals surface area contributed by atoms with E-state index in [4.69, 9.17) is 16.4 Å². The van der Waals surface area contributed by atoms with Crippen molar-refractivity contribution in [2.45, 2.75) is 26.4 Å². The molecule has 2 aromatic carbocycles. The van der Waals surface area contributed by atoms with E-state index in [1.807, 2.05) is 64.3 Å². The zero-order valence-electron chi connectivity index (χ0n) is 20.3. The Bertz CT molecular complexity index is 1340. The predicted molar refractivity (Wildman–Crippen MR) is 144 cm³/mol. The molecular weight excluding hydrogens is 519 g/mol. The first-order valence-electron chi connectivity index (χ1n) is 11.2. The molecule has 6 nitrogen and oxygen atoms in total. The van der Waals surface area contributed by atoms with Crippen molar-refractivity contribution in [1.29, 1.82) is 0 Å². The predicted octanol–water partition coefficient (Wildman–Crippen LogP) is 6.85. The fraction of sp³-hybridized carbons (Fsp3) is 0.269. The molecule has 1 amide bonds. The lowest BCUT2D eigenvalue weighted by Crippen LogP contribution is -2.36. The van der Waals surface area contributed by atoms with Gasteiger partial charge in [-0.05, 0) is 47.0 Å². The second-order valence-corrected chi connectivity index (χ2v) is 11.4. The molecule has 2 heterocycles. The number of hydroxylamine groups is 2. The number of benzene rings is 2. The number of hydrogen-bond donors (Lipinski definition) is 1. The Morgan fingerprint density at radius 1 is 1.19 bits per heavy atom. The lowest BCUT2D eigenvalue weighted by molar-refractivity contribution is -0.130. The fourth-order valence-corrected chi connectivity index (χ4v) is 5.91. The maximum absolute atomic E-state index is 14.3. The first-order valence-corrected chi connectivity index (χ1v) is 13.2. The molecule has 1 atom stereocenters. The van der Waals surface area contributed by atoms with Crippen LogP contribution in [0.5, 0.6) is 0 Å². The molecule has 4 rings (SSSR count). The molecule has 0 aliphatic carbocycles. The lowest BCUT2D eigenvalue weighted by atomic mass is 9.73. The molecule has 0 saturated heterocycles. The van der Waals surface area contributed by atoms with Crippen LogP contribution in [0.2, 0.25) is 5.02 Å². The molecule has 0 aliphatic rings. The van der Waals surface area contributed by atoms with E-state index in [9.17, 15) is 9.18 Å². The van der Waals surface area contributed by atoms with Gasteiger partial charge in [-0.2, -0.15) is 5.06 Å². The van der Waals surface area contributed by atoms with Crippen molar-refractivity contribution in [3.8, 4) is 10.4 Å². The summed E-state index contributed by atoms with van der Waals surface area (Å²) in [4.78, 5) is 20.8. The molecule has 1 N–H and O–H groups in total. The van der Waals surface area contributed by atoms with E-state index in [2.05, 4.69) is 15.5 Å². The van der Waals surface area contributed by atoms with Crippen molar-refractivity contribution in [2.75, 3.05) is 19.4 Å². The van der Waals surface area contributed by atoms with Crippen molar-refractivity contribution < 1.29 is 14.0 Å². The summed E-state index contributed by atoms with van der Waals surface area (Å²) in [6, 6.07) is 16.3. The number of nitrogens with one attached hydrogen (secondary N) is 1. The van der Waals surface area contributed by atoms with Crippen LogP contribution in [0.15, 0.2) is 60.1 Å². The Kier molecular flexibility index (Phi) is 8.17. The third-order valence-electron chi connectivity index (χ3n) is 5.80. The Morgan fingerprint density at radius 2 is 2.00 bits per heavy atom. The molecule has 10 heteroatoms. The quantitative estimate of drug-likeness (QED) is 0.233. The summed E-state index contributed by atoms with van der Waals surface area (Å²) in [6.45, 7) is 4.09. The van der Waals surface area contributed by atoms with Crippen molar-refractivity contribution in [3.63, 3.8) is 0 Å². The average molecular weight is 545 g/mol. The van der Waals surface area contributed by atoms with Crippen LogP contribution in [-0.4, -0.2) is 35.3 Å². The van der Waals surface area contributed by atoms with Gasteiger partial charge in [-0.15, -0.1) is 21.5 Å². The van der Waals surface area contributed by atoms with E-state index >= 15 is 0 Å². The molecule has 0 fully saturated rings. The summed E-state index contributed by atoms with van der Waals surface area (Å²) in [5.74, 6) is -0.975. The van der Waals surface area contributed by atoms with E-state index in [1.165, 1.54) is 23.5 Å². The van der Waals surface area contributed by atoms with Crippen LogP contribution >= 0.6 is 34.3 Å². The molecule has 0 radical (unpaired) electrons. The second kappa shape index (κ2) is 11.1. The lowest BCUT2D eigenvalue weighted by Gasteiger charge is -2.32. The van der Waals surface area contributed by atoms with Gasteiger partial charge in [-0.1, -0.05) is 61.1 Å². The first-order chi connectivity index (χ1) is 17.1. The van der Waals surface area contributed by atoms with Crippen LogP contribution in [-0.2, 0) is 16.2 Å². The Labute approximate surface area is 222 Å². The van der Waals surface area contributed by atoms with Gasteiger partial charge in [-0.25, -0.2) is 4.39 Å². The van der Waals surface area contributed by atoms with E-state index in [1.54, 1.807) is 28.0 Å². The van der Waals surface area contributed by atoms with Gasteiger partial charge in [0.1, 0.15) is 11.3 Å². The molecule has 0 unspecified atom stereocenters. The molecule has 4 aromatic rings. The van der Waals surface area contributed by atoms with Gasteiger partial charge in [0, 0.05) is 34.8 Å². The number of nitrogens with zero attached hydrogens (tertiary/aromatic N) is 3. The summed E-state index contributed by atoms with van der Waals surface area (Å²) in [5, 5.41) is 13.2. The van der Waals surface area contributed by atoms with Crippen molar-refractivity contribution in [2.24, 2.45) is 5.41 Å². The first kappa shape index (κ1) is 26.4. The van der Waals surface area contributed by atoms with Gasteiger partial charge in [-0.3, -0.25) is 9.63 Å². The molecule has 36 heavy (non-hydrogen) atoms. The van der Waals surface area contributed by atoms with Crippen LogP contribution in [0.3, 0.4) is 0 Å². The van der Waals surface area contributed by atoms with E-state index in [-0.39, 0.29) is 11.7 Å². The highest BCUT2D eigenvalue weighted by Crippen LogP contribution is 2.46. The third-order valence-corrected chi connectivity index (χ3v) is 7.95. The minimum absolute atomic E-state index is 0.225. The Balaban J connectivity index is 1.68. The number of rotatable bonds is 9. The molecule has 2 aromatic heterocycles. The zero-order chi connectivity index (χ0) is 25.9. The molecular formula is C26H26ClFN4O2S2. The van der Waals surface area contributed by atoms with E-state index < -0.39 is 11.3 Å². The summed E-state index contributed by atoms with van der Waals surface area (Å²) in [5.41, 5.74) is 3.19. The summed E-state index contributed by atoms with van der Waals surface area (Å²) in [6.07, 6.45) is 0. The smallest absolute Gasteiger partial charge is 0.232 e. The second-order valence-electron chi connectivity index (χ2n) is 9.00. The zero-order valence-corrected chi connectivity index (χ0v) is 22.7. The SMILES string of the molecule is CN(C)OCc1ccc(-c2ccc([C@H](c3cccc(F)c3)C(C)(C)C(=O)Nc3nncs3)s2)cc1Cl. The van der Waals surface area contributed by atoms with E-state index in [0.29, 0.717) is 16.8 Å². The minimum atomic E-state index is -0.924. The average Bonchev–Trinajstić information content (AvgIpc) is 3.51. The van der Waals surface area contributed by atoms with Crippen LogP contribution < -0.4 is 5.32 Å². The summed E-state index contributed by atoms with van der Waals surface area (Å²) >= 11 is 9.33. The Hall–Kier alpha value is -2.69. The highest BCUT2D eigenvalue weighted by Gasteiger charge is 2.40. The Morgan fingerprint density at radius 3 is 2.67 bits per heavy atom. The maximum atomic E-state index is 14.3. The van der Waals surface area contributed by atoms with Crippen LogP contribution in [0.4, 0.5) is 9.52 Å². The van der Waals surface area contributed by atoms with Gasteiger partial charge in [0.2, 0.25) is 11.0 Å². The van der Waals surface area contributed by atoms with Gasteiger partial charge in [0.15, 0.2) is 0 Å². The number of amides is 1. The number of anilines is 1. The van der Waals surface area contributed by atoms with Gasteiger partial charge in [0.25, 0.3) is 0 Å². The number of aromatic nitrogens is 2. The molecule has 0 aliphatic heterocycles. The minimum Gasteiger partial charge on any atom is -0.300 e.